The third kappa shape index (κ3) is 5.00. The minimum absolute atomic E-state index is 0.00421. The number of hydrogen-bond acceptors (Lipinski definition) is 6. The number of rotatable bonds is 7. The summed E-state index contributed by atoms with van der Waals surface area (Å²) in [5, 5.41) is 9.56. The van der Waals surface area contributed by atoms with Crippen LogP contribution in [0.3, 0.4) is 0 Å². The highest BCUT2D eigenvalue weighted by Gasteiger charge is 2.19. The lowest BCUT2D eigenvalue weighted by Crippen LogP contribution is -2.26. The summed E-state index contributed by atoms with van der Waals surface area (Å²) in [4.78, 5) is 27.1. The van der Waals surface area contributed by atoms with E-state index < -0.39 is 6.41 Å². The molecule has 4 rings (SSSR count). The molecule has 1 unspecified atom stereocenters. The fourth-order valence-corrected chi connectivity index (χ4v) is 4.11. The maximum Gasteiger partial charge on any atom is 0.280 e. The maximum atomic E-state index is 13.4. The van der Waals surface area contributed by atoms with E-state index in [1.54, 1.807) is 4.57 Å². The summed E-state index contributed by atoms with van der Waals surface area (Å²) in [5.41, 5.74) is 9.18. The molecular weight excluding hydrogens is 428 g/mol. The quantitative estimate of drug-likeness (QED) is 0.554. The van der Waals surface area contributed by atoms with Crippen molar-refractivity contribution in [2.45, 2.75) is 53.4 Å². The van der Waals surface area contributed by atoms with E-state index >= 15 is 0 Å². The Bertz CT molecular complexity index is 1300. The number of aliphatic hydroxyl groups is 1. The van der Waals surface area contributed by atoms with Gasteiger partial charge in [0.05, 0.1) is 5.69 Å². The van der Waals surface area contributed by atoms with Crippen molar-refractivity contribution in [1.29, 1.82) is 0 Å². The Morgan fingerprint density at radius 1 is 1.15 bits per heavy atom. The predicted octanol–water partition coefficient (Wildman–Crippen LogP) is 4.20. The highest BCUT2D eigenvalue weighted by molar-refractivity contribution is 6.04. The molecule has 7 nitrogen and oxygen atoms in total. The summed E-state index contributed by atoms with van der Waals surface area (Å²) in [6.07, 6.45) is 2.87. The second kappa shape index (κ2) is 10.2. The first-order valence-corrected chi connectivity index (χ1v) is 11.5. The van der Waals surface area contributed by atoms with Crippen LogP contribution < -0.4 is 11.0 Å². The number of hydroxylamine groups is 1. The van der Waals surface area contributed by atoms with Crippen LogP contribution in [0.25, 0.3) is 17.3 Å². The number of aliphatic imine (C=N–C) groups is 1. The van der Waals surface area contributed by atoms with Gasteiger partial charge in [0.25, 0.3) is 12.0 Å². The molecule has 0 spiro atoms. The van der Waals surface area contributed by atoms with Crippen molar-refractivity contribution in [2.75, 3.05) is 0 Å². The molecule has 1 aliphatic heterocycles. The number of aliphatic hydroxyl groups excluding tert-OH is 1. The maximum absolute atomic E-state index is 13.4. The Labute approximate surface area is 199 Å². The SMILES string of the molecule is CCCc1nc(C)n(C=C(C)C)c(=O)c1Cc1ccc(-c2ccccc2C2=NC(O)ON2)cc1. The molecule has 1 aliphatic rings. The molecule has 0 bridgehead atoms. The van der Waals surface area contributed by atoms with Gasteiger partial charge in [-0.3, -0.25) is 9.36 Å². The average molecular weight is 459 g/mol. The molecule has 0 fully saturated rings. The lowest BCUT2D eigenvalue weighted by molar-refractivity contribution is -0.102. The van der Waals surface area contributed by atoms with E-state index in [1.165, 1.54) is 0 Å². The van der Waals surface area contributed by atoms with Gasteiger partial charge in [-0.15, -0.1) is 0 Å². The molecule has 0 radical (unpaired) electrons. The molecule has 2 aromatic carbocycles. The van der Waals surface area contributed by atoms with Crippen molar-refractivity contribution in [3.05, 3.63) is 92.7 Å². The standard InChI is InChI=1S/C27H30N4O3/c1-5-8-24-23(26(32)31(16-17(2)3)18(4)28-24)15-19-11-13-20(14-12-19)21-9-6-7-10-22(21)25-29-27(33)34-30-25/h6-7,9-14,16,27,33H,5,8,15H2,1-4H3,(H,29,30). The molecule has 2 heterocycles. The van der Waals surface area contributed by atoms with E-state index in [1.807, 2.05) is 75.5 Å². The molecule has 3 aromatic rings. The number of hydrogen-bond donors (Lipinski definition) is 2. The Morgan fingerprint density at radius 3 is 2.47 bits per heavy atom. The third-order valence-electron chi connectivity index (χ3n) is 5.67. The van der Waals surface area contributed by atoms with Crippen molar-refractivity contribution in [2.24, 2.45) is 4.99 Å². The zero-order valence-electron chi connectivity index (χ0n) is 20.0. The molecule has 7 heteroatoms. The van der Waals surface area contributed by atoms with Crippen LogP contribution in [0.15, 0.2) is 63.9 Å². The number of aryl methyl sites for hydroxylation is 2. The molecular formula is C27H30N4O3. The van der Waals surface area contributed by atoms with Crippen molar-refractivity contribution < 1.29 is 9.94 Å². The normalized spacial score (nSPS) is 15.1. The second-order valence-electron chi connectivity index (χ2n) is 8.66. The topological polar surface area (TPSA) is 88.7 Å². The summed E-state index contributed by atoms with van der Waals surface area (Å²) in [6.45, 7) is 7.93. The summed E-state index contributed by atoms with van der Waals surface area (Å²) >= 11 is 0. The fourth-order valence-electron chi connectivity index (χ4n) is 4.11. The smallest absolute Gasteiger partial charge is 0.280 e. The molecule has 0 saturated heterocycles. The van der Waals surface area contributed by atoms with Crippen LogP contribution in [0.1, 0.15) is 55.4 Å². The number of nitrogens with one attached hydrogen (secondary N) is 1. The lowest BCUT2D eigenvalue weighted by atomic mass is 9.96. The van der Waals surface area contributed by atoms with Crippen LogP contribution in [-0.2, 0) is 17.7 Å². The molecule has 1 aromatic heterocycles. The largest absolute Gasteiger partial charge is 0.348 e. The highest BCUT2D eigenvalue weighted by atomic mass is 16.7. The van der Waals surface area contributed by atoms with Gasteiger partial charge in [0.2, 0.25) is 0 Å². The first-order chi connectivity index (χ1) is 16.4. The van der Waals surface area contributed by atoms with E-state index in [-0.39, 0.29) is 5.56 Å². The van der Waals surface area contributed by atoms with Gasteiger partial charge < -0.3 is 5.11 Å². The Balaban J connectivity index is 1.68. The van der Waals surface area contributed by atoms with Gasteiger partial charge >= 0.3 is 0 Å². The number of allylic oxidation sites excluding steroid dienone is 1. The third-order valence-corrected chi connectivity index (χ3v) is 5.67. The minimum Gasteiger partial charge on any atom is -0.348 e. The average Bonchev–Trinajstić information content (AvgIpc) is 3.26. The summed E-state index contributed by atoms with van der Waals surface area (Å²) in [5.74, 6) is 1.20. The van der Waals surface area contributed by atoms with Crippen LogP contribution in [0.2, 0.25) is 0 Å². The number of benzene rings is 2. The Morgan fingerprint density at radius 2 is 1.85 bits per heavy atom. The van der Waals surface area contributed by atoms with Crippen LogP contribution in [0.5, 0.6) is 0 Å². The van der Waals surface area contributed by atoms with Crippen molar-refractivity contribution in [3.8, 4) is 11.1 Å². The van der Waals surface area contributed by atoms with Gasteiger partial charge in [0.15, 0.2) is 5.84 Å². The summed E-state index contributed by atoms with van der Waals surface area (Å²) in [7, 11) is 0. The molecule has 176 valence electrons. The van der Waals surface area contributed by atoms with Crippen molar-refractivity contribution >= 4 is 12.0 Å². The van der Waals surface area contributed by atoms with Gasteiger partial charge in [-0.05, 0) is 43.9 Å². The molecule has 0 aliphatic carbocycles. The van der Waals surface area contributed by atoms with Crippen LogP contribution in [0.4, 0.5) is 0 Å². The highest BCUT2D eigenvalue weighted by Crippen LogP contribution is 2.26. The molecule has 2 N–H and O–H groups in total. The lowest BCUT2D eigenvalue weighted by Gasteiger charge is -2.14. The van der Waals surface area contributed by atoms with Gasteiger partial charge in [0.1, 0.15) is 5.82 Å². The van der Waals surface area contributed by atoms with Crippen molar-refractivity contribution in [1.82, 2.24) is 15.0 Å². The monoisotopic (exact) mass is 458 g/mol. The first kappa shape index (κ1) is 23.6. The van der Waals surface area contributed by atoms with Gasteiger partial charge in [0, 0.05) is 23.7 Å². The van der Waals surface area contributed by atoms with Gasteiger partial charge in [-0.25, -0.2) is 20.3 Å². The summed E-state index contributed by atoms with van der Waals surface area (Å²) in [6, 6.07) is 16.0. The van der Waals surface area contributed by atoms with Crippen molar-refractivity contribution in [3.63, 3.8) is 0 Å². The minimum atomic E-state index is -1.21. The van der Waals surface area contributed by atoms with E-state index in [0.717, 1.165) is 51.9 Å². The first-order valence-electron chi connectivity index (χ1n) is 11.5. The number of amidine groups is 1. The zero-order chi connectivity index (χ0) is 24.2. The molecule has 1 atom stereocenters. The van der Waals surface area contributed by atoms with Gasteiger partial charge in [-0.1, -0.05) is 67.4 Å². The van der Waals surface area contributed by atoms with E-state index in [0.29, 0.717) is 18.1 Å². The van der Waals surface area contributed by atoms with Crippen LogP contribution >= 0.6 is 0 Å². The predicted molar refractivity (Wildman–Crippen MR) is 134 cm³/mol. The summed E-state index contributed by atoms with van der Waals surface area (Å²) < 4.78 is 1.65. The number of nitrogens with zero attached hydrogens (tertiary/aromatic N) is 3. The Hall–Kier alpha value is -3.55. The van der Waals surface area contributed by atoms with Crippen LogP contribution in [-0.4, -0.2) is 26.9 Å². The second-order valence-corrected chi connectivity index (χ2v) is 8.66. The van der Waals surface area contributed by atoms with E-state index in [2.05, 4.69) is 17.4 Å². The zero-order valence-corrected chi connectivity index (χ0v) is 20.0. The van der Waals surface area contributed by atoms with Gasteiger partial charge in [-0.2, -0.15) is 0 Å². The Kier molecular flexibility index (Phi) is 7.05. The number of aromatic nitrogens is 2. The van der Waals surface area contributed by atoms with E-state index in [9.17, 15) is 9.90 Å². The molecule has 0 amide bonds. The van der Waals surface area contributed by atoms with E-state index in [4.69, 9.17) is 9.82 Å². The molecule has 34 heavy (non-hydrogen) atoms. The van der Waals surface area contributed by atoms with Crippen LogP contribution in [0, 0.1) is 6.92 Å². The molecule has 0 saturated carbocycles. The fraction of sp³-hybridized carbons (Fsp3) is 0.296.